The topological polar surface area (TPSA) is 83.0 Å². The average Bonchev–Trinajstić information content (AvgIpc) is 2.49. The molecule has 0 bridgehead atoms. The number of nitrogens with one attached hydrogen (secondary N) is 2. The highest BCUT2D eigenvalue weighted by atomic mass is 127. The zero-order chi connectivity index (χ0) is 16.4. The Hall–Kier alpha value is -0.130. The highest BCUT2D eigenvalue weighted by Crippen LogP contribution is 2.18. The van der Waals surface area contributed by atoms with E-state index in [0.29, 0.717) is 19.0 Å². The lowest BCUT2D eigenvalue weighted by Gasteiger charge is -2.30. The van der Waals surface area contributed by atoms with E-state index >= 15 is 0 Å². The predicted molar refractivity (Wildman–Crippen MR) is 105 cm³/mol. The largest absolute Gasteiger partial charge is 0.382 e. The molecule has 23 heavy (non-hydrogen) atoms. The van der Waals surface area contributed by atoms with E-state index in [4.69, 9.17) is 4.74 Å². The number of ether oxygens (including phenoxy) is 1. The number of halogens is 1. The number of nitrogens with zero attached hydrogens (tertiary/aromatic N) is 2. The average molecular weight is 462 g/mol. The van der Waals surface area contributed by atoms with E-state index in [2.05, 4.69) is 15.6 Å². The highest BCUT2D eigenvalue weighted by molar-refractivity contribution is 14.0. The van der Waals surface area contributed by atoms with Crippen molar-refractivity contribution in [2.75, 3.05) is 52.7 Å². The third-order valence-electron chi connectivity index (χ3n) is 3.79. The van der Waals surface area contributed by atoms with Gasteiger partial charge in [-0.1, -0.05) is 0 Å². The van der Waals surface area contributed by atoms with Crippen LogP contribution in [0.25, 0.3) is 0 Å². The normalized spacial score (nSPS) is 17.6. The summed E-state index contributed by atoms with van der Waals surface area (Å²) < 4.78 is 29.8. The van der Waals surface area contributed by atoms with Crippen molar-refractivity contribution in [1.29, 1.82) is 0 Å². The van der Waals surface area contributed by atoms with Crippen molar-refractivity contribution in [1.82, 2.24) is 14.9 Å². The van der Waals surface area contributed by atoms with Crippen LogP contribution in [0, 0.1) is 5.92 Å². The number of guanidine groups is 1. The minimum absolute atomic E-state index is 0. The first-order valence-corrected chi connectivity index (χ1v) is 9.79. The van der Waals surface area contributed by atoms with E-state index < -0.39 is 10.0 Å². The molecule has 1 fully saturated rings. The minimum atomic E-state index is -3.04. The number of hydrogen-bond donors (Lipinski definition) is 2. The summed E-state index contributed by atoms with van der Waals surface area (Å²) in [4.78, 5) is 4.19. The second kappa shape index (κ2) is 12.3. The van der Waals surface area contributed by atoms with Gasteiger partial charge in [0, 0.05) is 46.4 Å². The van der Waals surface area contributed by atoms with Gasteiger partial charge in [-0.15, -0.1) is 24.0 Å². The fourth-order valence-electron chi connectivity index (χ4n) is 2.43. The summed E-state index contributed by atoms with van der Waals surface area (Å²) in [5, 5.41) is 6.57. The molecule has 1 aliphatic heterocycles. The molecule has 9 heteroatoms. The van der Waals surface area contributed by atoms with Crippen molar-refractivity contribution in [3.05, 3.63) is 0 Å². The first-order valence-electron chi connectivity index (χ1n) is 7.94. The molecule has 1 heterocycles. The van der Waals surface area contributed by atoms with E-state index in [-0.39, 0.29) is 24.0 Å². The number of sulfonamides is 1. The summed E-state index contributed by atoms with van der Waals surface area (Å²) in [6.45, 7) is 6.37. The van der Waals surface area contributed by atoms with Crippen LogP contribution < -0.4 is 10.6 Å². The Kier molecular flexibility index (Phi) is 12.2. The summed E-state index contributed by atoms with van der Waals surface area (Å²) >= 11 is 0. The van der Waals surface area contributed by atoms with E-state index in [9.17, 15) is 8.42 Å². The van der Waals surface area contributed by atoms with E-state index in [1.807, 2.05) is 6.92 Å². The molecule has 0 atom stereocenters. The maximum absolute atomic E-state index is 11.5. The molecular weight excluding hydrogens is 431 g/mol. The van der Waals surface area contributed by atoms with E-state index in [1.54, 1.807) is 11.4 Å². The summed E-state index contributed by atoms with van der Waals surface area (Å²) in [7, 11) is -1.29. The van der Waals surface area contributed by atoms with Gasteiger partial charge in [0.1, 0.15) is 0 Å². The zero-order valence-corrected chi connectivity index (χ0v) is 17.5. The molecule has 0 aromatic rings. The third-order valence-corrected chi connectivity index (χ3v) is 5.09. The molecule has 1 aliphatic rings. The number of hydrogen-bond acceptors (Lipinski definition) is 4. The SMILES string of the molecule is CCOCCCNC(=NC)NCC1CCN(S(C)(=O)=O)CC1.I. The van der Waals surface area contributed by atoms with Crippen molar-refractivity contribution in [2.45, 2.75) is 26.2 Å². The first kappa shape index (κ1) is 22.9. The van der Waals surface area contributed by atoms with Gasteiger partial charge in [0.15, 0.2) is 5.96 Å². The highest BCUT2D eigenvalue weighted by Gasteiger charge is 2.24. The monoisotopic (exact) mass is 462 g/mol. The predicted octanol–water partition coefficient (Wildman–Crippen LogP) is 0.868. The van der Waals surface area contributed by atoms with Gasteiger partial charge in [0.2, 0.25) is 10.0 Å². The Balaban J connectivity index is 0.00000484. The fourth-order valence-corrected chi connectivity index (χ4v) is 3.31. The van der Waals surface area contributed by atoms with Crippen molar-refractivity contribution >= 4 is 40.0 Å². The summed E-state index contributed by atoms with van der Waals surface area (Å²) in [5.74, 6) is 1.28. The molecule has 2 N–H and O–H groups in total. The molecule has 0 aliphatic carbocycles. The van der Waals surface area contributed by atoms with E-state index in [0.717, 1.165) is 51.5 Å². The molecule has 0 amide bonds. The van der Waals surface area contributed by atoms with Gasteiger partial charge in [0.25, 0.3) is 0 Å². The van der Waals surface area contributed by atoms with Crippen LogP contribution >= 0.6 is 24.0 Å². The van der Waals surface area contributed by atoms with Gasteiger partial charge >= 0.3 is 0 Å². The van der Waals surface area contributed by atoms with Crippen LogP contribution in [0.1, 0.15) is 26.2 Å². The molecule has 0 saturated carbocycles. The maximum atomic E-state index is 11.5. The van der Waals surface area contributed by atoms with Gasteiger partial charge < -0.3 is 15.4 Å². The van der Waals surface area contributed by atoms with Crippen LogP contribution in [0.15, 0.2) is 4.99 Å². The number of rotatable bonds is 8. The van der Waals surface area contributed by atoms with Crippen molar-refractivity contribution in [3.63, 3.8) is 0 Å². The van der Waals surface area contributed by atoms with E-state index in [1.165, 1.54) is 6.26 Å². The standard InChI is InChI=1S/C14H30N4O3S.HI/c1-4-21-11-5-8-16-14(15-2)17-12-13-6-9-18(10-7-13)22(3,19)20;/h13H,4-12H2,1-3H3,(H2,15,16,17);1H. The molecule has 1 saturated heterocycles. The second-order valence-electron chi connectivity index (χ2n) is 5.54. The van der Waals surface area contributed by atoms with Crippen molar-refractivity contribution in [3.8, 4) is 0 Å². The van der Waals surface area contributed by atoms with Gasteiger partial charge in [-0.2, -0.15) is 0 Å². The summed E-state index contributed by atoms with van der Waals surface area (Å²) in [6, 6.07) is 0. The fraction of sp³-hybridized carbons (Fsp3) is 0.929. The zero-order valence-electron chi connectivity index (χ0n) is 14.4. The first-order chi connectivity index (χ1) is 10.5. The van der Waals surface area contributed by atoms with Gasteiger partial charge in [0.05, 0.1) is 6.26 Å². The third kappa shape index (κ3) is 9.68. The Morgan fingerprint density at radius 2 is 1.96 bits per heavy atom. The molecular formula is C14H31IN4O3S. The summed E-state index contributed by atoms with van der Waals surface area (Å²) in [5.41, 5.74) is 0. The van der Waals surface area contributed by atoms with Crippen LogP contribution in [0.4, 0.5) is 0 Å². The van der Waals surface area contributed by atoms with Gasteiger partial charge in [-0.25, -0.2) is 12.7 Å². The Morgan fingerprint density at radius 1 is 1.30 bits per heavy atom. The lowest BCUT2D eigenvalue weighted by atomic mass is 9.98. The molecule has 0 unspecified atom stereocenters. The molecule has 7 nitrogen and oxygen atoms in total. The van der Waals surface area contributed by atoms with Crippen molar-refractivity contribution in [2.24, 2.45) is 10.9 Å². The molecule has 1 rings (SSSR count). The lowest BCUT2D eigenvalue weighted by molar-refractivity contribution is 0.145. The molecule has 0 aromatic heterocycles. The Labute approximate surface area is 157 Å². The van der Waals surface area contributed by atoms with Crippen LogP contribution in [0.5, 0.6) is 0 Å². The minimum Gasteiger partial charge on any atom is -0.382 e. The van der Waals surface area contributed by atoms with Gasteiger partial charge in [-0.05, 0) is 32.1 Å². The smallest absolute Gasteiger partial charge is 0.211 e. The van der Waals surface area contributed by atoms with Crippen LogP contribution in [0.3, 0.4) is 0 Å². The van der Waals surface area contributed by atoms with Crippen LogP contribution in [0.2, 0.25) is 0 Å². The number of piperidine rings is 1. The quantitative estimate of drug-likeness (QED) is 0.242. The lowest BCUT2D eigenvalue weighted by Crippen LogP contribution is -2.44. The van der Waals surface area contributed by atoms with Gasteiger partial charge in [-0.3, -0.25) is 4.99 Å². The molecule has 0 radical (unpaired) electrons. The van der Waals surface area contributed by atoms with Crippen molar-refractivity contribution < 1.29 is 13.2 Å². The molecule has 0 spiro atoms. The van der Waals surface area contributed by atoms with Crippen LogP contribution in [-0.4, -0.2) is 71.4 Å². The second-order valence-corrected chi connectivity index (χ2v) is 7.52. The Morgan fingerprint density at radius 3 is 2.48 bits per heavy atom. The summed E-state index contributed by atoms with van der Waals surface area (Å²) in [6.07, 6.45) is 4.00. The molecule has 138 valence electrons. The maximum Gasteiger partial charge on any atom is 0.211 e. The Bertz CT molecular complexity index is 437. The number of aliphatic imine (C=N–C) groups is 1. The van der Waals surface area contributed by atoms with Crippen LogP contribution in [-0.2, 0) is 14.8 Å². The molecule has 0 aromatic carbocycles.